The molecule has 4 rings (SSSR count). The van der Waals surface area contributed by atoms with E-state index in [2.05, 4.69) is 59.5 Å². The Balaban J connectivity index is 1.21. The maximum atomic E-state index is 10.6. The van der Waals surface area contributed by atoms with Gasteiger partial charge in [-0.2, -0.15) is 0 Å². The first-order valence-corrected chi connectivity index (χ1v) is 12.0. The molecule has 4 heteroatoms. The van der Waals surface area contributed by atoms with E-state index < -0.39 is 6.10 Å². The van der Waals surface area contributed by atoms with Gasteiger partial charge in [0.2, 0.25) is 0 Å². The Morgan fingerprint density at radius 2 is 1.41 bits per heavy atom. The maximum absolute atomic E-state index is 10.6. The van der Waals surface area contributed by atoms with Crippen LogP contribution >= 0.6 is 23.2 Å². The molecule has 2 nitrogen and oxygen atoms in total. The third-order valence-corrected chi connectivity index (χ3v) is 6.65. The van der Waals surface area contributed by atoms with Crippen molar-refractivity contribution in [1.29, 1.82) is 0 Å². The van der Waals surface area contributed by atoms with E-state index in [1.807, 2.05) is 24.3 Å². The van der Waals surface area contributed by atoms with Crippen LogP contribution in [0.25, 0.3) is 5.57 Å². The Labute approximate surface area is 201 Å². The van der Waals surface area contributed by atoms with E-state index in [1.165, 1.54) is 22.3 Å². The molecule has 0 amide bonds. The van der Waals surface area contributed by atoms with E-state index in [9.17, 15) is 5.11 Å². The molecule has 0 saturated heterocycles. The number of nitrogens with zero attached hydrogens (tertiary/aromatic N) is 1. The Kier molecular flexibility index (Phi) is 8.05. The molecule has 0 saturated carbocycles. The van der Waals surface area contributed by atoms with Crippen LogP contribution in [0.2, 0.25) is 10.0 Å². The van der Waals surface area contributed by atoms with Crippen LogP contribution in [0.15, 0.2) is 78.9 Å². The largest absolute Gasteiger partial charge is 0.388 e. The number of benzene rings is 3. The summed E-state index contributed by atoms with van der Waals surface area (Å²) >= 11 is 12.0. The predicted octanol–water partition coefficient (Wildman–Crippen LogP) is 7.19. The smallest absolute Gasteiger partial charge is 0.0790 e. The average molecular weight is 466 g/mol. The van der Waals surface area contributed by atoms with Crippen LogP contribution in [0, 0.1) is 0 Å². The molecule has 1 aliphatic rings. The zero-order chi connectivity index (χ0) is 22.3. The lowest BCUT2D eigenvalue weighted by molar-refractivity contribution is 0.156. The predicted molar refractivity (Wildman–Crippen MR) is 135 cm³/mol. The summed E-state index contributed by atoms with van der Waals surface area (Å²) in [7, 11) is 0. The van der Waals surface area contributed by atoms with Crippen molar-refractivity contribution in [1.82, 2.24) is 4.90 Å². The highest BCUT2D eigenvalue weighted by molar-refractivity contribution is 6.30. The van der Waals surface area contributed by atoms with E-state index in [1.54, 1.807) is 0 Å². The monoisotopic (exact) mass is 465 g/mol. The van der Waals surface area contributed by atoms with Crippen molar-refractivity contribution >= 4 is 28.8 Å². The third kappa shape index (κ3) is 6.46. The van der Waals surface area contributed by atoms with Crippen LogP contribution in [0.4, 0.5) is 0 Å². The number of hydrogen-bond donors (Lipinski definition) is 1. The SMILES string of the molecule is OC(CCCN1CC=C(c2ccc(Cl)cc2)CC1)c1ccc(Cc2ccc(Cl)cc2)cc1. The van der Waals surface area contributed by atoms with Crippen molar-refractivity contribution in [2.24, 2.45) is 0 Å². The number of aliphatic hydroxyl groups excluding tert-OH is 1. The van der Waals surface area contributed by atoms with E-state index in [0.29, 0.717) is 0 Å². The molecule has 0 bridgehead atoms. The van der Waals surface area contributed by atoms with E-state index in [4.69, 9.17) is 23.2 Å². The summed E-state index contributed by atoms with van der Waals surface area (Å²) < 4.78 is 0. The quantitative estimate of drug-likeness (QED) is 0.380. The van der Waals surface area contributed by atoms with Crippen molar-refractivity contribution < 1.29 is 5.11 Å². The summed E-state index contributed by atoms with van der Waals surface area (Å²) in [6, 6.07) is 24.4. The van der Waals surface area contributed by atoms with Gasteiger partial charge in [0, 0.05) is 23.1 Å². The molecule has 0 radical (unpaired) electrons. The van der Waals surface area contributed by atoms with Crippen molar-refractivity contribution in [2.45, 2.75) is 31.8 Å². The highest BCUT2D eigenvalue weighted by atomic mass is 35.5. The molecule has 1 heterocycles. The van der Waals surface area contributed by atoms with Gasteiger partial charge in [-0.25, -0.2) is 0 Å². The van der Waals surface area contributed by atoms with Crippen molar-refractivity contribution in [3.63, 3.8) is 0 Å². The number of rotatable bonds is 8. The second-order valence-electron chi connectivity index (χ2n) is 8.49. The van der Waals surface area contributed by atoms with Gasteiger partial charge in [0.05, 0.1) is 6.10 Å². The average Bonchev–Trinajstić information content (AvgIpc) is 2.82. The fourth-order valence-corrected chi connectivity index (χ4v) is 4.46. The molecule has 0 aliphatic carbocycles. The number of halogens is 2. The van der Waals surface area contributed by atoms with Crippen LogP contribution in [0.1, 0.15) is 47.6 Å². The van der Waals surface area contributed by atoms with Crippen molar-refractivity contribution in [3.8, 4) is 0 Å². The van der Waals surface area contributed by atoms with Crippen molar-refractivity contribution in [3.05, 3.63) is 111 Å². The number of aliphatic hydroxyl groups is 1. The summed E-state index contributed by atoms with van der Waals surface area (Å²) in [4.78, 5) is 2.46. The second-order valence-corrected chi connectivity index (χ2v) is 9.36. The van der Waals surface area contributed by atoms with Crippen LogP contribution in [0.5, 0.6) is 0 Å². The Hall–Kier alpha value is -2.10. The summed E-state index contributed by atoms with van der Waals surface area (Å²) in [5.41, 5.74) is 6.13. The van der Waals surface area contributed by atoms with Gasteiger partial charge in [0.25, 0.3) is 0 Å². The lowest BCUT2D eigenvalue weighted by Gasteiger charge is -2.26. The summed E-state index contributed by atoms with van der Waals surface area (Å²) in [6.45, 7) is 3.04. The standard InChI is InChI=1S/C28H29Cl2NO/c29-26-11-5-22(6-12-26)20-21-3-7-25(8-4-21)28(32)2-1-17-31-18-15-24(16-19-31)23-9-13-27(30)14-10-23/h3-15,28,32H,1-2,16-20H2. The maximum Gasteiger partial charge on any atom is 0.0790 e. The van der Waals surface area contributed by atoms with E-state index in [-0.39, 0.29) is 0 Å². The molecule has 1 unspecified atom stereocenters. The van der Waals surface area contributed by atoms with Crippen molar-refractivity contribution in [2.75, 3.05) is 19.6 Å². The molecule has 32 heavy (non-hydrogen) atoms. The highest BCUT2D eigenvalue weighted by Gasteiger charge is 2.14. The minimum atomic E-state index is -0.412. The van der Waals surface area contributed by atoms with Crippen LogP contribution in [-0.4, -0.2) is 29.6 Å². The highest BCUT2D eigenvalue weighted by Crippen LogP contribution is 2.25. The van der Waals surface area contributed by atoms with E-state index in [0.717, 1.165) is 60.9 Å². The molecule has 1 aliphatic heterocycles. The Morgan fingerprint density at radius 3 is 2.00 bits per heavy atom. The topological polar surface area (TPSA) is 23.5 Å². The van der Waals surface area contributed by atoms with Gasteiger partial charge in [-0.05, 0) is 84.3 Å². The molecule has 1 atom stereocenters. The molecule has 0 fully saturated rings. The van der Waals surface area contributed by atoms with Gasteiger partial charge in [0.15, 0.2) is 0 Å². The van der Waals surface area contributed by atoms with E-state index >= 15 is 0 Å². The molecule has 1 N–H and O–H groups in total. The first-order valence-electron chi connectivity index (χ1n) is 11.3. The van der Waals surface area contributed by atoms with Gasteiger partial charge < -0.3 is 5.11 Å². The van der Waals surface area contributed by atoms with Crippen LogP contribution in [-0.2, 0) is 6.42 Å². The minimum absolute atomic E-state index is 0.412. The Morgan fingerprint density at radius 1 is 0.812 bits per heavy atom. The number of hydrogen-bond acceptors (Lipinski definition) is 2. The summed E-state index contributed by atoms with van der Waals surface area (Å²) in [5, 5.41) is 12.2. The normalized spacial score (nSPS) is 15.4. The minimum Gasteiger partial charge on any atom is -0.388 e. The third-order valence-electron chi connectivity index (χ3n) is 6.15. The summed E-state index contributed by atoms with van der Waals surface area (Å²) in [5.74, 6) is 0. The fraction of sp³-hybridized carbons (Fsp3) is 0.286. The molecule has 3 aromatic rings. The van der Waals surface area contributed by atoms with Gasteiger partial charge in [-0.3, -0.25) is 4.90 Å². The zero-order valence-corrected chi connectivity index (χ0v) is 19.7. The summed E-state index contributed by atoms with van der Waals surface area (Å²) in [6.07, 6.45) is 5.60. The van der Waals surface area contributed by atoms with Crippen LogP contribution in [0.3, 0.4) is 0 Å². The Bertz CT molecular complexity index is 1030. The molecule has 3 aromatic carbocycles. The van der Waals surface area contributed by atoms with Gasteiger partial charge in [-0.1, -0.05) is 77.8 Å². The molecular weight excluding hydrogens is 437 g/mol. The molecule has 0 spiro atoms. The van der Waals surface area contributed by atoms with Gasteiger partial charge >= 0.3 is 0 Å². The zero-order valence-electron chi connectivity index (χ0n) is 18.2. The fourth-order valence-electron chi connectivity index (χ4n) is 4.21. The lowest BCUT2D eigenvalue weighted by atomic mass is 9.98. The lowest BCUT2D eigenvalue weighted by Crippen LogP contribution is -2.29. The first kappa shape index (κ1) is 23.1. The second kappa shape index (κ2) is 11.2. The van der Waals surface area contributed by atoms with Crippen LogP contribution < -0.4 is 0 Å². The molecular formula is C28H29Cl2NO. The van der Waals surface area contributed by atoms with Gasteiger partial charge in [0.1, 0.15) is 0 Å². The molecule has 166 valence electrons. The first-order chi connectivity index (χ1) is 15.6. The molecule has 0 aromatic heterocycles. The van der Waals surface area contributed by atoms with Gasteiger partial charge in [-0.15, -0.1) is 0 Å².